The molecule has 1 aromatic heterocycles. The van der Waals surface area contributed by atoms with Crippen molar-refractivity contribution in [1.82, 2.24) is 15.6 Å². The molecule has 0 bridgehead atoms. The average molecular weight is 515 g/mol. The predicted octanol–water partition coefficient (Wildman–Crippen LogP) is 0.520. The Morgan fingerprint density at radius 1 is 1.03 bits per heavy atom. The number of nitrogens with one attached hydrogen (secondary N) is 3. The van der Waals surface area contributed by atoms with Crippen molar-refractivity contribution < 1.29 is 55.6 Å². The molecule has 1 unspecified atom stereocenters. The maximum Gasteiger partial charge on any atom is 1.00 e. The molecule has 0 aliphatic heterocycles. The van der Waals surface area contributed by atoms with Crippen LogP contribution in [0, 0.1) is 6.92 Å². The van der Waals surface area contributed by atoms with Crippen LogP contribution >= 0.6 is 0 Å². The van der Waals surface area contributed by atoms with E-state index >= 15 is 0 Å². The van der Waals surface area contributed by atoms with Gasteiger partial charge in [0, 0.05) is 30.3 Å². The van der Waals surface area contributed by atoms with Crippen molar-refractivity contribution in [1.29, 1.82) is 0 Å². The summed E-state index contributed by atoms with van der Waals surface area (Å²) < 4.78 is 0. The van der Waals surface area contributed by atoms with Crippen LogP contribution in [0.25, 0.3) is 11.1 Å². The van der Waals surface area contributed by atoms with Gasteiger partial charge in [0.2, 0.25) is 11.8 Å². The molecular formula is C27H31N4NaO5. The summed E-state index contributed by atoms with van der Waals surface area (Å²) in [7, 11) is 0. The fraction of sp³-hybridized carbons (Fsp3) is 0.259. The number of rotatable bonds is 12. The van der Waals surface area contributed by atoms with Crippen LogP contribution in [-0.4, -0.2) is 46.1 Å². The SMILES string of the molecule is Cc1ccnc(NCCCC(=O)NCC(=O)NC(CC(=O)O)c2cccc(-c3ccccc3)c2O)c1.[H-].[Na+]. The summed E-state index contributed by atoms with van der Waals surface area (Å²) in [4.78, 5) is 40.3. The van der Waals surface area contributed by atoms with E-state index in [9.17, 15) is 24.6 Å². The molecule has 0 saturated carbocycles. The maximum absolute atomic E-state index is 12.5. The van der Waals surface area contributed by atoms with Gasteiger partial charge in [-0.25, -0.2) is 4.98 Å². The third kappa shape index (κ3) is 9.53. The summed E-state index contributed by atoms with van der Waals surface area (Å²) in [6.07, 6.45) is 2.04. The number of aliphatic carboxylic acids is 1. The fourth-order valence-corrected chi connectivity index (χ4v) is 3.72. The molecule has 0 radical (unpaired) electrons. The van der Waals surface area contributed by atoms with Crippen molar-refractivity contribution in [2.75, 3.05) is 18.4 Å². The minimum atomic E-state index is -1.13. The number of carbonyl (C=O) groups is 3. The van der Waals surface area contributed by atoms with Crippen LogP contribution in [0.4, 0.5) is 5.82 Å². The number of para-hydroxylation sites is 1. The Balaban J connectivity index is 0.00000361. The van der Waals surface area contributed by atoms with E-state index in [-0.39, 0.29) is 61.2 Å². The van der Waals surface area contributed by atoms with E-state index in [1.807, 2.05) is 49.4 Å². The number of aromatic hydroxyl groups is 1. The zero-order valence-electron chi connectivity index (χ0n) is 22.0. The number of aromatic nitrogens is 1. The quantitative estimate of drug-likeness (QED) is 0.175. The van der Waals surface area contributed by atoms with Gasteiger partial charge in [0.1, 0.15) is 11.6 Å². The second-order valence-electron chi connectivity index (χ2n) is 8.35. The van der Waals surface area contributed by atoms with Crippen molar-refractivity contribution in [3.8, 4) is 16.9 Å². The van der Waals surface area contributed by atoms with Gasteiger partial charge in [0.05, 0.1) is 19.0 Å². The molecule has 1 heterocycles. The largest absolute Gasteiger partial charge is 1.00 e. The number of amides is 2. The number of aryl methyl sites for hydroxylation is 1. The van der Waals surface area contributed by atoms with Gasteiger partial charge >= 0.3 is 35.5 Å². The molecule has 1 atom stereocenters. The van der Waals surface area contributed by atoms with Crippen LogP contribution in [0.15, 0.2) is 66.9 Å². The predicted molar refractivity (Wildman–Crippen MR) is 137 cm³/mol. The number of pyridine rings is 1. The van der Waals surface area contributed by atoms with Crippen LogP contribution in [0.3, 0.4) is 0 Å². The number of benzene rings is 2. The Kier molecular flexibility index (Phi) is 12.1. The second kappa shape index (κ2) is 15.0. The van der Waals surface area contributed by atoms with E-state index < -0.39 is 24.3 Å². The topological polar surface area (TPSA) is 141 Å². The van der Waals surface area contributed by atoms with Gasteiger partial charge in [0.15, 0.2) is 0 Å². The number of nitrogens with zero attached hydrogens (tertiary/aromatic N) is 1. The number of carboxylic acids is 1. The Morgan fingerprint density at radius 2 is 1.78 bits per heavy atom. The van der Waals surface area contributed by atoms with Gasteiger partial charge in [-0.3, -0.25) is 14.4 Å². The minimum Gasteiger partial charge on any atom is -1.00 e. The zero-order chi connectivity index (χ0) is 25.9. The van der Waals surface area contributed by atoms with Crippen molar-refractivity contribution >= 4 is 23.6 Å². The fourth-order valence-electron chi connectivity index (χ4n) is 3.72. The summed E-state index contributed by atoms with van der Waals surface area (Å²) in [5, 5.41) is 28.5. The van der Waals surface area contributed by atoms with Crippen molar-refractivity contribution in [3.63, 3.8) is 0 Å². The van der Waals surface area contributed by atoms with Gasteiger partial charge in [-0.15, -0.1) is 0 Å². The number of phenols is 1. The molecule has 3 rings (SSSR count). The molecule has 0 spiro atoms. The van der Waals surface area contributed by atoms with E-state index in [0.29, 0.717) is 18.5 Å². The zero-order valence-corrected chi connectivity index (χ0v) is 23.0. The average Bonchev–Trinajstić information content (AvgIpc) is 2.85. The molecule has 2 aromatic carbocycles. The van der Waals surface area contributed by atoms with Gasteiger partial charge in [0.25, 0.3) is 0 Å². The molecule has 2 amide bonds. The first kappa shape index (κ1) is 29.8. The summed E-state index contributed by atoms with van der Waals surface area (Å²) in [5.41, 5.74) is 2.66. The summed E-state index contributed by atoms with van der Waals surface area (Å²) in [6, 6.07) is 17.0. The summed E-state index contributed by atoms with van der Waals surface area (Å²) in [6.45, 7) is 2.21. The smallest absolute Gasteiger partial charge is 1.00 e. The van der Waals surface area contributed by atoms with E-state index in [2.05, 4.69) is 20.9 Å². The van der Waals surface area contributed by atoms with Crippen LogP contribution in [0.1, 0.15) is 37.9 Å². The second-order valence-corrected chi connectivity index (χ2v) is 8.35. The number of anilines is 1. The molecule has 10 heteroatoms. The molecule has 37 heavy (non-hydrogen) atoms. The van der Waals surface area contributed by atoms with Gasteiger partial charge in [-0.05, 0) is 36.6 Å². The van der Waals surface area contributed by atoms with Crippen LogP contribution in [0.5, 0.6) is 5.75 Å². The van der Waals surface area contributed by atoms with E-state index in [4.69, 9.17) is 0 Å². The molecular weight excluding hydrogens is 483 g/mol. The maximum atomic E-state index is 12.5. The van der Waals surface area contributed by atoms with Crippen molar-refractivity contribution in [3.05, 3.63) is 78.0 Å². The molecule has 0 aliphatic carbocycles. The summed E-state index contributed by atoms with van der Waals surface area (Å²) in [5.74, 6) is -1.35. The van der Waals surface area contributed by atoms with Crippen LogP contribution in [-0.2, 0) is 14.4 Å². The van der Waals surface area contributed by atoms with Crippen LogP contribution in [0.2, 0.25) is 0 Å². The third-order valence-electron chi connectivity index (χ3n) is 5.49. The van der Waals surface area contributed by atoms with Crippen molar-refractivity contribution in [2.45, 2.75) is 32.2 Å². The normalized spacial score (nSPS) is 11.1. The van der Waals surface area contributed by atoms with E-state index in [1.165, 1.54) is 0 Å². The minimum absolute atomic E-state index is 0. The molecule has 0 aliphatic rings. The number of phenolic OH excluding ortho intramolecular Hbond substituents is 1. The summed E-state index contributed by atoms with van der Waals surface area (Å²) >= 11 is 0. The monoisotopic (exact) mass is 514 g/mol. The molecule has 0 saturated heterocycles. The molecule has 3 aromatic rings. The number of hydrogen-bond acceptors (Lipinski definition) is 6. The molecule has 9 nitrogen and oxygen atoms in total. The Labute approximate surface area is 239 Å². The first-order chi connectivity index (χ1) is 17.3. The van der Waals surface area contributed by atoms with Crippen LogP contribution < -0.4 is 45.5 Å². The third-order valence-corrected chi connectivity index (χ3v) is 5.49. The van der Waals surface area contributed by atoms with E-state index in [1.54, 1.807) is 24.4 Å². The molecule has 5 N–H and O–H groups in total. The molecule has 0 fully saturated rings. The van der Waals surface area contributed by atoms with Gasteiger partial charge in [-0.2, -0.15) is 0 Å². The Bertz CT molecular complexity index is 1210. The molecule has 190 valence electrons. The Morgan fingerprint density at radius 3 is 2.49 bits per heavy atom. The first-order valence-corrected chi connectivity index (χ1v) is 11.6. The Hall–Kier alpha value is -3.40. The van der Waals surface area contributed by atoms with Gasteiger partial charge < -0.3 is 27.6 Å². The first-order valence-electron chi connectivity index (χ1n) is 11.6. The number of carboxylic acid groups (broad SMARTS) is 1. The van der Waals surface area contributed by atoms with Gasteiger partial charge in [-0.1, -0.05) is 48.5 Å². The standard InChI is InChI=1S/C27H30N4O5.Na.H/c1-18-12-14-29-23(15-18)28-13-6-11-24(32)30-17-25(33)31-22(16-26(34)35)21-10-5-9-20(27(21)36)19-7-3-2-4-8-19;;/h2-5,7-10,12,14-15,22,36H,6,11,13,16-17H2,1H3,(H,28,29)(H,30,32)(H,31,33)(H,34,35);;/q;+1;-1. The number of carbonyl (C=O) groups excluding carboxylic acids is 2. The van der Waals surface area contributed by atoms with E-state index in [0.717, 1.165) is 16.9 Å². The number of hydrogen-bond donors (Lipinski definition) is 5. The van der Waals surface area contributed by atoms with Crippen molar-refractivity contribution in [2.24, 2.45) is 0 Å².